The SMILES string of the molecule is NC(c1ccc(C(N)P(O)O)cc1)P(O)O. The minimum atomic E-state index is -2.22. The van der Waals surface area contributed by atoms with Gasteiger partial charge in [-0.15, -0.1) is 0 Å². The van der Waals surface area contributed by atoms with Gasteiger partial charge in [0.15, 0.2) is 16.8 Å². The van der Waals surface area contributed by atoms with E-state index in [4.69, 9.17) is 31.0 Å². The molecule has 0 bridgehead atoms. The fourth-order valence-corrected chi connectivity index (χ4v) is 2.03. The molecular weight excluding hydrogens is 250 g/mol. The minimum Gasteiger partial charge on any atom is -0.349 e. The van der Waals surface area contributed by atoms with E-state index in [1.807, 2.05) is 0 Å². The highest BCUT2D eigenvalue weighted by Gasteiger charge is 2.17. The third-order valence-electron chi connectivity index (χ3n) is 2.12. The van der Waals surface area contributed by atoms with E-state index in [9.17, 15) is 0 Å². The van der Waals surface area contributed by atoms with Crippen LogP contribution in [0.5, 0.6) is 0 Å². The van der Waals surface area contributed by atoms with Crippen LogP contribution in [0.1, 0.15) is 22.7 Å². The molecule has 6 nitrogen and oxygen atoms in total. The molecule has 0 aliphatic rings. The van der Waals surface area contributed by atoms with E-state index in [0.717, 1.165) is 0 Å². The molecule has 0 fully saturated rings. The van der Waals surface area contributed by atoms with E-state index >= 15 is 0 Å². The quantitative estimate of drug-likeness (QED) is 0.430. The summed E-state index contributed by atoms with van der Waals surface area (Å²) < 4.78 is 0. The second-order valence-electron chi connectivity index (χ2n) is 3.20. The maximum atomic E-state index is 8.93. The van der Waals surface area contributed by atoms with Crippen molar-refractivity contribution in [2.75, 3.05) is 0 Å². The first-order chi connectivity index (χ1) is 7.43. The zero-order chi connectivity index (χ0) is 12.3. The first-order valence-corrected chi connectivity index (χ1v) is 7.01. The van der Waals surface area contributed by atoms with Gasteiger partial charge in [0.2, 0.25) is 0 Å². The fraction of sp³-hybridized carbons (Fsp3) is 0.250. The lowest BCUT2D eigenvalue weighted by Gasteiger charge is -2.16. The lowest BCUT2D eigenvalue weighted by atomic mass is 10.1. The summed E-state index contributed by atoms with van der Waals surface area (Å²) in [6.45, 7) is 0. The predicted octanol–water partition coefficient (Wildman–Crippen LogP) is 0.194. The Balaban J connectivity index is 2.83. The zero-order valence-electron chi connectivity index (χ0n) is 8.30. The van der Waals surface area contributed by atoms with E-state index in [1.54, 1.807) is 24.3 Å². The molecule has 0 saturated carbocycles. The standard InChI is InChI=1S/C8H14N2O4P2/c9-7(15(11)12)5-1-2-6(4-3-5)8(10)16(13)14/h1-4,7-8,11-14H,9-10H2. The number of hydrogen-bond donors (Lipinski definition) is 6. The van der Waals surface area contributed by atoms with Gasteiger partial charge in [-0.3, -0.25) is 0 Å². The Morgan fingerprint density at radius 2 is 1.00 bits per heavy atom. The summed E-state index contributed by atoms with van der Waals surface area (Å²) >= 11 is 0. The van der Waals surface area contributed by atoms with Gasteiger partial charge in [-0.25, -0.2) is 0 Å². The molecule has 1 aromatic rings. The van der Waals surface area contributed by atoms with Crippen LogP contribution >= 0.6 is 16.8 Å². The smallest absolute Gasteiger partial charge is 0.187 e. The lowest BCUT2D eigenvalue weighted by Crippen LogP contribution is -2.10. The molecule has 0 heterocycles. The second-order valence-corrected chi connectivity index (χ2v) is 5.59. The van der Waals surface area contributed by atoms with Crippen molar-refractivity contribution in [2.24, 2.45) is 11.5 Å². The maximum Gasteiger partial charge on any atom is 0.187 e. The summed E-state index contributed by atoms with van der Waals surface area (Å²) in [6, 6.07) is 6.34. The molecule has 0 aromatic heterocycles. The van der Waals surface area contributed by atoms with Gasteiger partial charge < -0.3 is 31.0 Å². The second kappa shape index (κ2) is 5.96. The van der Waals surface area contributed by atoms with Crippen LogP contribution in [0.4, 0.5) is 0 Å². The molecule has 2 unspecified atom stereocenters. The van der Waals surface area contributed by atoms with Crippen molar-refractivity contribution in [1.82, 2.24) is 0 Å². The minimum absolute atomic E-state index is 0.562. The molecule has 1 aromatic carbocycles. The summed E-state index contributed by atoms with van der Waals surface area (Å²) in [4.78, 5) is 35.7. The molecule has 8 N–H and O–H groups in total. The molecule has 8 heteroatoms. The first kappa shape index (κ1) is 13.9. The van der Waals surface area contributed by atoms with Crippen molar-refractivity contribution in [3.63, 3.8) is 0 Å². The topological polar surface area (TPSA) is 133 Å². The highest BCUT2D eigenvalue weighted by molar-refractivity contribution is 7.45. The summed E-state index contributed by atoms with van der Waals surface area (Å²) in [5.74, 6) is -1.66. The Hall–Kier alpha value is -0.160. The Morgan fingerprint density at radius 1 is 0.750 bits per heavy atom. The number of nitrogens with two attached hydrogens (primary N) is 2. The van der Waals surface area contributed by atoms with Crippen molar-refractivity contribution in [3.05, 3.63) is 35.4 Å². The molecule has 0 saturated heterocycles. The van der Waals surface area contributed by atoms with Gasteiger partial charge in [0.1, 0.15) is 11.6 Å². The summed E-state index contributed by atoms with van der Waals surface area (Å²) in [5, 5.41) is 0. The normalized spacial score (nSPS) is 15.5. The Labute approximate surface area is 95.4 Å². The molecule has 0 radical (unpaired) electrons. The zero-order valence-corrected chi connectivity index (χ0v) is 10.1. The molecule has 16 heavy (non-hydrogen) atoms. The van der Waals surface area contributed by atoms with Crippen LogP contribution in [-0.2, 0) is 0 Å². The van der Waals surface area contributed by atoms with Crippen LogP contribution in [-0.4, -0.2) is 19.6 Å². The number of hydrogen-bond acceptors (Lipinski definition) is 6. The van der Waals surface area contributed by atoms with Gasteiger partial charge >= 0.3 is 0 Å². The van der Waals surface area contributed by atoms with Crippen LogP contribution in [0.25, 0.3) is 0 Å². The van der Waals surface area contributed by atoms with Gasteiger partial charge in [0.05, 0.1) is 0 Å². The number of benzene rings is 1. The Bertz CT molecular complexity index is 300. The van der Waals surface area contributed by atoms with E-state index in [-0.39, 0.29) is 0 Å². The van der Waals surface area contributed by atoms with Gasteiger partial charge in [0, 0.05) is 0 Å². The van der Waals surface area contributed by atoms with E-state index in [2.05, 4.69) is 0 Å². The van der Waals surface area contributed by atoms with Crippen LogP contribution in [0.2, 0.25) is 0 Å². The lowest BCUT2D eigenvalue weighted by molar-refractivity contribution is 0.465. The van der Waals surface area contributed by atoms with Gasteiger partial charge in [-0.05, 0) is 11.1 Å². The third-order valence-corrected chi connectivity index (χ3v) is 3.71. The van der Waals surface area contributed by atoms with Crippen molar-refractivity contribution in [1.29, 1.82) is 0 Å². The van der Waals surface area contributed by atoms with Gasteiger partial charge in [-0.1, -0.05) is 24.3 Å². The van der Waals surface area contributed by atoms with Crippen molar-refractivity contribution >= 4 is 16.8 Å². The van der Waals surface area contributed by atoms with Gasteiger partial charge in [0.25, 0.3) is 0 Å². The van der Waals surface area contributed by atoms with Crippen molar-refractivity contribution < 1.29 is 19.6 Å². The summed E-state index contributed by atoms with van der Waals surface area (Å²) in [6.07, 6.45) is 0. The molecule has 0 aliphatic heterocycles. The van der Waals surface area contributed by atoms with E-state index < -0.39 is 28.3 Å². The summed E-state index contributed by atoms with van der Waals surface area (Å²) in [7, 11) is -4.45. The first-order valence-electron chi connectivity index (χ1n) is 4.38. The molecular formula is C8H14N2O4P2. The summed E-state index contributed by atoms with van der Waals surface area (Å²) in [5.41, 5.74) is 12.2. The highest BCUT2D eigenvalue weighted by Crippen LogP contribution is 2.42. The monoisotopic (exact) mass is 264 g/mol. The molecule has 1 rings (SSSR count). The Kier molecular flexibility index (Phi) is 5.18. The van der Waals surface area contributed by atoms with Crippen LogP contribution in [0.15, 0.2) is 24.3 Å². The molecule has 0 spiro atoms. The fourth-order valence-electron chi connectivity index (χ4n) is 1.16. The molecule has 0 amide bonds. The molecule has 2 atom stereocenters. The Morgan fingerprint density at radius 3 is 1.19 bits per heavy atom. The van der Waals surface area contributed by atoms with E-state index in [0.29, 0.717) is 11.1 Å². The molecule has 90 valence electrons. The van der Waals surface area contributed by atoms with Crippen LogP contribution in [0.3, 0.4) is 0 Å². The van der Waals surface area contributed by atoms with Crippen molar-refractivity contribution in [3.8, 4) is 0 Å². The van der Waals surface area contributed by atoms with Crippen molar-refractivity contribution in [2.45, 2.75) is 11.6 Å². The largest absolute Gasteiger partial charge is 0.349 e. The maximum absolute atomic E-state index is 8.93. The predicted molar refractivity (Wildman–Crippen MR) is 63.0 cm³/mol. The third kappa shape index (κ3) is 3.42. The average Bonchev–Trinajstić information content (AvgIpc) is 2.27. The average molecular weight is 264 g/mol. The molecule has 0 aliphatic carbocycles. The van der Waals surface area contributed by atoms with Gasteiger partial charge in [-0.2, -0.15) is 0 Å². The highest BCUT2D eigenvalue weighted by atomic mass is 31.2. The van der Waals surface area contributed by atoms with Crippen LogP contribution in [0, 0.1) is 0 Å². The van der Waals surface area contributed by atoms with Crippen LogP contribution < -0.4 is 11.5 Å². The van der Waals surface area contributed by atoms with E-state index in [1.165, 1.54) is 0 Å². The number of rotatable bonds is 4.